The average Bonchev–Trinajstić information content (AvgIpc) is 2.59. The Balaban J connectivity index is 3.91. The second-order valence-electron chi connectivity index (χ2n) is 4.59. The largest absolute Gasteiger partial charge is 0.481 e. The summed E-state index contributed by atoms with van der Waals surface area (Å²) >= 11 is 0. The van der Waals surface area contributed by atoms with Crippen LogP contribution in [0.25, 0.3) is 0 Å². The molecule has 0 aromatic heterocycles. The van der Waals surface area contributed by atoms with E-state index in [1.165, 1.54) is 6.08 Å². The van der Waals surface area contributed by atoms with E-state index in [-0.39, 0.29) is 6.42 Å². The molecule has 0 unspecified atom stereocenters. The van der Waals surface area contributed by atoms with Crippen molar-refractivity contribution in [2.45, 2.75) is 58.2 Å². The molecule has 0 atom stereocenters. The Bertz CT molecular complexity index is 598. The van der Waals surface area contributed by atoms with Gasteiger partial charge in [-0.25, -0.2) is 0 Å². The summed E-state index contributed by atoms with van der Waals surface area (Å²) in [7, 11) is 0. The molecule has 0 aliphatic rings. The van der Waals surface area contributed by atoms with E-state index >= 15 is 0 Å². The maximum Gasteiger partial charge on any atom is 0.303 e. The maximum atomic E-state index is 10.3. The molecule has 0 spiro atoms. The molecule has 2 heteroatoms. The first kappa shape index (κ1) is 11.7. The predicted molar refractivity (Wildman–Crippen MR) is 95.9 cm³/mol. The van der Waals surface area contributed by atoms with Gasteiger partial charge in [0.15, 0.2) is 0 Å². The molecule has 2 nitrogen and oxygen atoms in total. The molecule has 0 fully saturated rings. The zero-order valence-corrected chi connectivity index (χ0v) is 13.0. The van der Waals surface area contributed by atoms with Crippen LogP contribution >= 0.6 is 0 Å². The zero-order valence-electron chi connectivity index (χ0n) is 19.0. The number of unbranched alkanes of at least 4 members (excludes halogenated alkanes) is 1. The van der Waals surface area contributed by atoms with E-state index in [1.54, 1.807) is 6.08 Å². The second-order valence-corrected chi connectivity index (χ2v) is 4.59. The quantitative estimate of drug-likeness (QED) is 0.335. The highest BCUT2D eigenvalue weighted by molar-refractivity contribution is 5.66. The fourth-order valence-corrected chi connectivity index (χ4v) is 1.58. The molecule has 0 aromatic rings. The Hall–Kier alpha value is -1.83. The summed E-state index contributed by atoms with van der Waals surface area (Å²) in [5, 5.41) is 8.51. The zero-order chi connectivity index (χ0) is 21.5. The first-order chi connectivity index (χ1) is 13.1. The van der Waals surface area contributed by atoms with Gasteiger partial charge in [-0.2, -0.15) is 0 Å². The summed E-state index contributed by atoms with van der Waals surface area (Å²) in [6.45, 7) is -2.84. The summed E-state index contributed by atoms with van der Waals surface area (Å²) < 4.78 is 43.8. The smallest absolute Gasteiger partial charge is 0.303 e. The summed E-state index contributed by atoms with van der Waals surface area (Å²) in [4.78, 5) is 10.3. The first-order valence-electron chi connectivity index (χ1n) is 10.6. The van der Waals surface area contributed by atoms with Crippen molar-refractivity contribution in [3.05, 3.63) is 60.7 Å². The standard InChI is InChI=1S/C20H30O2/c1-2-3-4-5-6-7-8-9-10-11-12-13-14-15-16-17-18-19-20(21)22/h3-4,6-7,9-10,12-13,15-16H,2,5,8,11,14,17-19H2,1H3,(H,21,22)/b4-3-,7-6-,10-9-,13-12-,16-15-/i1D3,2D2,3D. The number of carboxylic acids is 1. The van der Waals surface area contributed by atoms with Crippen molar-refractivity contribution in [1.29, 1.82) is 0 Å². The third kappa shape index (κ3) is 18.2. The highest BCUT2D eigenvalue weighted by atomic mass is 16.4. The number of aliphatic carboxylic acids is 1. The van der Waals surface area contributed by atoms with E-state index in [2.05, 4.69) is 0 Å². The van der Waals surface area contributed by atoms with Gasteiger partial charge in [-0.15, -0.1) is 0 Å². The van der Waals surface area contributed by atoms with E-state index in [4.69, 9.17) is 13.3 Å². The third-order valence-corrected chi connectivity index (χ3v) is 2.67. The van der Waals surface area contributed by atoms with Crippen LogP contribution in [0, 0.1) is 0 Å². The van der Waals surface area contributed by atoms with Gasteiger partial charge in [0.05, 0.1) is 1.37 Å². The van der Waals surface area contributed by atoms with E-state index < -0.39 is 25.2 Å². The number of rotatable bonds is 13. The Morgan fingerprint density at radius 3 is 1.95 bits per heavy atom. The van der Waals surface area contributed by atoms with Crippen LogP contribution in [0.2, 0.25) is 0 Å². The number of allylic oxidation sites excluding steroid dienone is 10. The van der Waals surface area contributed by atoms with Crippen LogP contribution in [0.1, 0.15) is 66.4 Å². The van der Waals surface area contributed by atoms with E-state index in [0.29, 0.717) is 19.3 Å². The van der Waals surface area contributed by atoms with Gasteiger partial charge in [-0.05, 0) is 44.9 Å². The lowest BCUT2D eigenvalue weighted by Gasteiger charge is -1.89. The van der Waals surface area contributed by atoms with E-state index in [0.717, 1.165) is 19.3 Å². The van der Waals surface area contributed by atoms with Gasteiger partial charge in [0.25, 0.3) is 0 Å². The Labute approximate surface area is 144 Å². The SMILES string of the molecule is [2H]/C(=C/C/C=C\C/C=C\C/C=C\C/C=C\CCCC(=O)O)C([2H])([2H])C([2H])([2H])[2H]. The Morgan fingerprint density at radius 1 is 0.955 bits per heavy atom. The molecule has 22 heavy (non-hydrogen) atoms. The molecular formula is C20H30O2. The summed E-state index contributed by atoms with van der Waals surface area (Å²) in [6, 6.07) is -0.520. The predicted octanol–water partition coefficient (Wildman–Crippen LogP) is 5.99. The van der Waals surface area contributed by atoms with Crippen molar-refractivity contribution in [3.8, 4) is 0 Å². The fraction of sp³-hybridized carbons (Fsp3) is 0.450. The normalized spacial score (nSPS) is 18.5. The molecule has 0 aliphatic heterocycles. The van der Waals surface area contributed by atoms with Crippen LogP contribution in [0.5, 0.6) is 0 Å². The molecular weight excluding hydrogens is 272 g/mol. The van der Waals surface area contributed by atoms with Crippen LogP contribution in [0.3, 0.4) is 0 Å². The second kappa shape index (κ2) is 17.2. The van der Waals surface area contributed by atoms with Crippen molar-refractivity contribution >= 4 is 5.97 Å². The van der Waals surface area contributed by atoms with Crippen LogP contribution < -0.4 is 0 Å². The molecule has 1 N–H and O–H groups in total. The van der Waals surface area contributed by atoms with E-state index in [9.17, 15) is 4.79 Å². The minimum atomic E-state index is -2.84. The molecule has 0 saturated heterocycles. The average molecular weight is 308 g/mol. The highest BCUT2D eigenvalue weighted by Crippen LogP contribution is 1.99. The van der Waals surface area contributed by atoms with Crippen molar-refractivity contribution in [1.82, 2.24) is 0 Å². The Kier molecular flexibility index (Phi) is 9.16. The summed E-state index contributed by atoms with van der Waals surface area (Å²) in [5.41, 5.74) is 0. The number of hydrogen-bond donors (Lipinski definition) is 1. The summed E-state index contributed by atoms with van der Waals surface area (Å²) in [6.07, 6.45) is 18.8. The molecule has 0 saturated carbocycles. The van der Waals surface area contributed by atoms with Crippen LogP contribution in [-0.4, -0.2) is 11.1 Å². The minimum Gasteiger partial charge on any atom is -0.481 e. The van der Waals surface area contributed by atoms with Gasteiger partial charge in [0.2, 0.25) is 0 Å². The number of hydrogen-bond acceptors (Lipinski definition) is 1. The van der Waals surface area contributed by atoms with Gasteiger partial charge < -0.3 is 5.11 Å². The van der Waals surface area contributed by atoms with Gasteiger partial charge in [0.1, 0.15) is 0 Å². The minimum absolute atomic E-state index is 0.206. The summed E-state index contributed by atoms with van der Waals surface area (Å²) in [5.74, 6) is -0.760. The first-order valence-corrected chi connectivity index (χ1v) is 7.58. The lowest BCUT2D eigenvalue weighted by molar-refractivity contribution is -0.137. The Morgan fingerprint density at radius 2 is 1.45 bits per heavy atom. The van der Waals surface area contributed by atoms with Crippen molar-refractivity contribution in [2.75, 3.05) is 0 Å². The van der Waals surface area contributed by atoms with Crippen LogP contribution in [0.15, 0.2) is 60.7 Å². The van der Waals surface area contributed by atoms with Crippen molar-refractivity contribution in [2.24, 2.45) is 0 Å². The van der Waals surface area contributed by atoms with Gasteiger partial charge in [-0.1, -0.05) is 67.6 Å². The van der Waals surface area contributed by atoms with Gasteiger partial charge in [-0.3, -0.25) is 4.79 Å². The molecule has 0 aliphatic carbocycles. The molecule has 0 rings (SSSR count). The van der Waals surface area contributed by atoms with Crippen LogP contribution in [-0.2, 0) is 4.79 Å². The lowest BCUT2D eigenvalue weighted by atomic mass is 10.2. The van der Waals surface area contributed by atoms with Gasteiger partial charge in [0, 0.05) is 13.3 Å². The number of carboxylic acid groups (broad SMARTS) is 1. The topological polar surface area (TPSA) is 37.3 Å². The fourth-order valence-electron chi connectivity index (χ4n) is 1.58. The molecule has 0 heterocycles. The van der Waals surface area contributed by atoms with Crippen LogP contribution in [0.4, 0.5) is 0 Å². The van der Waals surface area contributed by atoms with Crippen molar-refractivity contribution < 1.29 is 18.1 Å². The molecule has 0 amide bonds. The molecule has 0 bridgehead atoms. The maximum absolute atomic E-state index is 10.3. The lowest BCUT2D eigenvalue weighted by Crippen LogP contribution is -1.92. The van der Waals surface area contributed by atoms with Gasteiger partial charge >= 0.3 is 5.97 Å². The third-order valence-electron chi connectivity index (χ3n) is 2.67. The highest BCUT2D eigenvalue weighted by Gasteiger charge is 1.92. The number of carbonyl (C=O) groups is 1. The van der Waals surface area contributed by atoms with E-state index in [1.807, 2.05) is 42.5 Å². The monoisotopic (exact) mass is 308 g/mol. The molecule has 0 radical (unpaired) electrons. The molecule has 122 valence electrons. The molecule has 0 aromatic carbocycles. The van der Waals surface area contributed by atoms with Crippen molar-refractivity contribution in [3.63, 3.8) is 0 Å².